The van der Waals surface area contributed by atoms with Crippen LogP contribution in [0.2, 0.25) is 5.02 Å². The van der Waals surface area contributed by atoms with Crippen molar-refractivity contribution in [2.45, 2.75) is 6.42 Å². The van der Waals surface area contributed by atoms with E-state index >= 15 is 0 Å². The first kappa shape index (κ1) is 11.1. The molecule has 1 aliphatic heterocycles. The van der Waals surface area contributed by atoms with Gasteiger partial charge in [0.15, 0.2) is 11.5 Å². The van der Waals surface area contributed by atoms with E-state index in [-0.39, 0.29) is 24.5 Å². The predicted molar refractivity (Wildman–Crippen MR) is 118 cm³/mol. The molecule has 1 N–H and O–H groups in total. The Morgan fingerprint density at radius 2 is 2.13 bits per heavy atom. The Labute approximate surface area is 196 Å². The maximum Gasteiger partial charge on any atom is 0.162 e. The minimum atomic E-state index is -3.16. The van der Waals surface area contributed by atoms with Gasteiger partial charge in [-0.1, -0.05) is 17.7 Å². The zero-order chi connectivity index (χ0) is 30.4. The molecule has 0 radical (unpaired) electrons. The van der Waals surface area contributed by atoms with E-state index in [0.717, 1.165) is 0 Å². The number of anilines is 2. The minimum Gasteiger partial charge on any atom is -0.493 e. The number of morpholine rings is 1. The summed E-state index contributed by atoms with van der Waals surface area (Å²) in [7, 11) is -2.84. The van der Waals surface area contributed by atoms with E-state index < -0.39 is 39.7 Å². The quantitative estimate of drug-likeness (QED) is 0.529. The Bertz CT molecular complexity index is 1400. The molecule has 1 aromatic heterocycles. The van der Waals surface area contributed by atoms with E-state index in [0.29, 0.717) is 32.3 Å². The van der Waals surface area contributed by atoms with E-state index in [2.05, 4.69) is 20.0 Å². The Morgan fingerprint density at radius 1 is 1.23 bits per heavy atom. The first-order valence-corrected chi connectivity index (χ1v) is 9.33. The van der Waals surface area contributed by atoms with Crippen LogP contribution < -0.4 is 14.8 Å². The highest BCUT2D eigenvalue weighted by molar-refractivity contribution is 6.30. The smallest absolute Gasteiger partial charge is 0.162 e. The Kier molecular flexibility index (Phi) is 3.69. The predicted octanol–water partition coefficient (Wildman–Crippen LogP) is 4.14. The van der Waals surface area contributed by atoms with E-state index in [1.54, 1.807) is 24.3 Å². The highest BCUT2D eigenvalue weighted by atomic mass is 35.5. The summed E-state index contributed by atoms with van der Waals surface area (Å²) >= 11 is 6.07. The summed E-state index contributed by atoms with van der Waals surface area (Å²) in [6, 6.07) is 9.67. The van der Waals surface area contributed by atoms with Gasteiger partial charge in [-0.15, -0.1) is 0 Å². The van der Waals surface area contributed by atoms with Crippen molar-refractivity contribution in [1.29, 1.82) is 0 Å². The van der Waals surface area contributed by atoms with Gasteiger partial charge in [-0.3, -0.25) is 4.90 Å². The van der Waals surface area contributed by atoms with Crippen LogP contribution in [0.15, 0.2) is 42.7 Å². The van der Waals surface area contributed by atoms with Crippen LogP contribution in [-0.4, -0.2) is 61.2 Å². The molecule has 0 atom stereocenters. The van der Waals surface area contributed by atoms with E-state index in [9.17, 15) is 0 Å². The fourth-order valence-corrected chi connectivity index (χ4v) is 2.98. The number of rotatable bonds is 8. The van der Waals surface area contributed by atoms with Crippen molar-refractivity contribution in [3.63, 3.8) is 0 Å². The largest absolute Gasteiger partial charge is 0.493 e. The zero-order valence-corrected chi connectivity index (χ0v) is 16.4. The molecule has 3 aromatic rings. The van der Waals surface area contributed by atoms with Crippen LogP contribution in [0.4, 0.5) is 11.5 Å². The van der Waals surface area contributed by atoms with Crippen molar-refractivity contribution in [3.05, 3.63) is 47.7 Å². The molecule has 8 heteroatoms. The van der Waals surface area contributed by atoms with Crippen molar-refractivity contribution >= 4 is 34.0 Å². The second-order valence-electron chi connectivity index (χ2n) is 6.16. The van der Waals surface area contributed by atoms with E-state index in [4.69, 9.17) is 36.2 Å². The van der Waals surface area contributed by atoms with Crippen molar-refractivity contribution in [2.24, 2.45) is 0 Å². The number of hydrogen-bond acceptors (Lipinski definition) is 7. The summed E-state index contributed by atoms with van der Waals surface area (Å²) < 4.78 is 102. The normalized spacial score (nSPS) is 27.2. The van der Waals surface area contributed by atoms with Gasteiger partial charge in [0.25, 0.3) is 0 Å². The fraction of sp³-hybridized carbons (Fsp3) is 0.364. The molecule has 0 saturated carbocycles. The highest BCUT2D eigenvalue weighted by Crippen LogP contribution is 2.35. The molecule has 0 unspecified atom stereocenters. The molecule has 0 bridgehead atoms. The van der Waals surface area contributed by atoms with Gasteiger partial charge in [-0.25, -0.2) is 9.97 Å². The third kappa shape index (κ3) is 5.11. The summed E-state index contributed by atoms with van der Waals surface area (Å²) in [6.07, 6.45) is 1.16. The molecule has 1 saturated heterocycles. The van der Waals surface area contributed by atoms with Gasteiger partial charge < -0.3 is 19.5 Å². The van der Waals surface area contributed by atoms with Crippen molar-refractivity contribution in [2.75, 3.05) is 51.6 Å². The van der Waals surface area contributed by atoms with Gasteiger partial charge in [0.05, 0.1) is 41.9 Å². The number of nitrogens with zero attached hydrogens (tertiary/aromatic N) is 3. The summed E-state index contributed by atoms with van der Waals surface area (Å²) in [5.41, 5.74) is 0.951. The third-order valence-electron chi connectivity index (χ3n) is 4.15. The molecule has 4 rings (SSSR count). The summed E-state index contributed by atoms with van der Waals surface area (Å²) in [4.78, 5) is 8.84. The molecule has 1 fully saturated rings. The van der Waals surface area contributed by atoms with Crippen LogP contribution >= 0.6 is 11.6 Å². The Morgan fingerprint density at radius 3 is 2.97 bits per heavy atom. The zero-order valence-electron chi connectivity index (χ0n) is 26.6. The van der Waals surface area contributed by atoms with Crippen molar-refractivity contribution in [1.82, 2.24) is 14.9 Å². The maximum absolute atomic E-state index is 8.10. The SMILES string of the molecule is [2H]C([2H])([2H])Oc1cc2ncnc(Nc3cccc(Cl)c3)c2cc1OCCCN1C([2H])([2H])C([2H])([2H])OC([2H])([2H])C1([2H])[2H]. The number of benzene rings is 2. The van der Waals surface area contributed by atoms with Crippen LogP contribution in [0.3, 0.4) is 0 Å². The van der Waals surface area contributed by atoms with Gasteiger partial charge in [0.1, 0.15) is 12.1 Å². The third-order valence-corrected chi connectivity index (χ3v) is 4.38. The van der Waals surface area contributed by atoms with Gasteiger partial charge in [0, 0.05) is 47.2 Å². The number of fused-ring (bicyclic) bond motifs is 1. The van der Waals surface area contributed by atoms with Crippen molar-refractivity contribution in [3.8, 4) is 11.5 Å². The highest BCUT2D eigenvalue weighted by Gasteiger charge is 2.13. The molecule has 1 aliphatic rings. The summed E-state index contributed by atoms with van der Waals surface area (Å²) in [5, 5.41) is 4.03. The minimum absolute atomic E-state index is 0.0313. The molecule has 0 aliphatic carbocycles. The monoisotopic (exact) mass is 439 g/mol. The average Bonchev–Trinajstić information content (AvgIpc) is 2.81. The lowest BCUT2D eigenvalue weighted by Gasteiger charge is -2.26. The lowest BCUT2D eigenvalue weighted by atomic mass is 10.2. The number of methoxy groups -OCH3 is 1. The molecule has 2 aromatic carbocycles. The molecular formula is C22H25ClN4O3. The molecule has 7 nitrogen and oxygen atoms in total. The number of ether oxygens (including phenoxy) is 3. The molecule has 0 amide bonds. The molecule has 0 spiro atoms. The standard InChI is InChI=1S/C22H25ClN4O3/c1-28-20-14-19-18(13-21(20)30-9-3-6-27-7-10-29-11-8-27)22(25-15-24-19)26-17-5-2-4-16(23)12-17/h2,4-5,12-15H,3,6-11H2,1H3,(H,24,25,26)/i1D3,7D2,8D2,10D2,11D2. The second kappa shape index (κ2) is 9.93. The van der Waals surface area contributed by atoms with Gasteiger partial charge in [-0.2, -0.15) is 0 Å². The first-order valence-electron chi connectivity index (χ1n) is 14.5. The van der Waals surface area contributed by atoms with Crippen LogP contribution in [0, 0.1) is 0 Å². The maximum atomic E-state index is 8.10. The number of hydrogen-bond donors (Lipinski definition) is 1. The lowest BCUT2D eigenvalue weighted by molar-refractivity contribution is 0.0357. The van der Waals surface area contributed by atoms with Crippen LogP contribution in [-0.2, 0) is 4.74 Å². The molecule has 158 valence electrons. The number of aromatic nitrogens is 2. The fourth-order valence-electron chi connectivity index (χ4n) is 2.79. The van der Waals surface area contributed by atoms with Gasteiger partial charge in [0.2, 0.25) is 0 Å². The number of halogens is 1. The number of nitrogens with one attached hydrogen (secondary N) is 1. The summed E-state index contributed by atoms with van der Waals surface area (Å²) in [6.45, 7) is -13.1. The molecule has 2 heterocycles. The topological polar surface area (TPSA) is 68.7 Å². The Hall–Kier alpha value is -2.61. The van der Waals surface area contributed by atoms with E-state index in [1.807, 2.05) is 0 Å². The van der Waals surface area contributed by atoms with Gasteiger partial charge >= 0.3 is 0 Å². The van der Waals surface area contributed by atoms with Crippen LogP contribution in [0.25, 0.3) is 10.9 Å². The van der Waals surface area contributed by atoms with Crippen LogP contribution in [0.5, 0.6) is 11.5 Å². The summed E-state index contributed by atoms with van der Waals surface area (Å²) in [5.74, 6) is 0.146. The molecular weight excluding hydrogens is 404 g/mol. The van der Waals surface area contributed by atoms with Crippen molar-refractivity contribution < 1.29 is 29.3 Å². The lowest BCUT2D eigenvalue weighted by Crippen LogP contribution is -2.37. The Balaban J connectivity index is 1.60. The second-order valence-corrected chi connectivity index (χ2v) is 6.60. The average molecular weight is 440 g/mol. The van der Waals surface area contributed by atoms with Crippen LogP contribution in [0.1, 0.15) is 21.5 Å². The van der Waals surface area contributed by atoms with E-state index in [1.165, 1.54) is 18.5 Å². The molecule has 30 heavy (non-hydrogen) atoms. The van der Waals surface area contributed by atoms with Gasteiger partial charge in [-0.05, 0) is 30.7 Å². The first-order chi connectivity index (χ1) is 18.8.